The van der Waals surface area contributed by atoms with Gasteiger partial charge in [-0.15, -0.1) is 11.3 Å². The van der Waals surface area contributed by atoms with Gasteiger partial charge in [-0.2, -0.15) is 5.48 Å². The minimum absolute atomic E-state index is 0.315. The molecule has 0 saturated heterocycles. The number of urea groups is 1. The van der Waals surface area contributed by atoms with E-state index in [0.29, 0.717) is 16.6 Å². The van der Waals surface area contributed by atoms with Crippen molar-refractivity contribution in [3.05, 3.63) is 35.3 Å². The van der Waals surface area contributed by atoms with E-state index >= 15 is 0 Å². The van der Waals surface area contributed by atoms with Gasteiger partial charge < -0.3 is 10.2 Å². The van der Waals surface area contributed by atoms with Gasteiger partial charge in [-0.3, -0.25) is 5.32 Å². The molecule has 0 aliphatic rings. The molecule has 7 heteroatoms. The van der Waals surface area contributed by atoms with E-state index in [0.717, 1.165) is 12.1 Å². The van der Waals surface area contributed by atoms with Gasteiger partial charge in [0.05, 0.1) is 5.69 Å². The number of hydroxylamine groups is 1. The molecule has 0 fully saturated rings. The second-order valence-electron chi connectivity index (χ2n) is 3.91. The Labute approximate surface area is 121 Å². The molecule has 2 aromatic rings. The molecule has 0 bridgehead atoms. The first-order valence-corrected chi connectivity index (χ1v) is 7.05. The van der Waals surface area contributed by atoms with Gasteiger partial charge >= 0.3 is 6.03 Å². The minimum atomic E-state index is -0.315. The second-order valence-corrected chi connectivity index (χ2v) is 4.77. The molecule has 1 aromatic heterocycles. The normalized spacial score (nSPS) is 10.1. The van der Waals surface area contributed by atoms with E-state index in [-0.39, 0.29) is 6.03 Å². The molecule has 106 valence electrons. The van der Waals surface area contributed by atoms with Crippen molar-refractivity contribution in [2.75, 3.05) is 17.7 Å². The van der Waals surface area contributed by atoms with Gasteiger partial charge in [0.25, 0.3) is 0 Å². The lowest BCUT2D eigenvalue weighted by Gasteiger charge is -2.07. The maximum atomic E-state index is 11.8. The Morgan fingerprint density at radius 1 is 1.30 bits per heavy atom. The number of benzene rings is 1. The number of anilines is 2. The van der Waals surface area contributed by atoms with Crippen LogP contribution < -0.4 is 21.0 Å². The van der Waals surface area contributed by atoms with Crippen LogP contribution in [0.4, 0.5) is 15.6 Å². The molecule has 0 radical (unpaired) electrons. The third-order valence-electron chi connectivity index (χ3n) is 2.47. The highest BCUT2D eigenvalue weighted by Gasteiger charge is 2.06. The summed E-state index contributed by atoms with van der Waals surface area (Å²) in [6, 6.07) is 6.70. The number of thiazole rings is 1. The van der Waals surface area contributed by atoms with Gasteiger partial charge in [0.1, 0.15) is 5.75 Å². The number of hydrogen-bond acceptors (Lipinski definition) is 5. The van der Waals surface area contributed by atoms with Crippen LogP contribution in [0, 0.1) is 0 Å². The van der Waals surface area contributed by atoms with Crippen molar-refractivity contribution >= 4 is 28.2 Å². The molecule has 3 N–H and O–H groups in total. The standard InChI is InChI=1S/C13H16N4O2S/c1-3-9-8-20-13(16-9)17-12(18)15-10-4-6-11(7-5-10)19-14-2/h4-8,14H,3H2,1-2H3,(H2,15,16,17,18). The van der Waals surface area contributed by atoms with E-state index in [9.17, 15) is 4.79 Å². The highest BCUT2D eigenvalue weighted by Crippen LogP contribution is 2.17. The van der Waals surface area contributed by atoms with Crippen LogP contribution in [0.5, 0.6) is 5.75 Å². The summed E-state index contributed by atoms with van der Waals surface area (Å²) in [5, 5.41) is 7.95. The Hall–Kier alpha value is -2.12. The van der Waals surface area contributed by atoms with Gasteiger partial charge in [-0.05, 0) is 30.7 Å². The zero-order chi connectivity index (χ0) is 14.4. The third kappa shape index (κ3) is 3.94. The van der Waals surface area contributed by atoms with Gasteiger partial charge in [0.2, 0.25) is 0 Å². The van der Waals surface area contributed by atoms with E-state index in [2.05, 4.69) is 21.1 Å². The quantitative estimate of drug-likeness (QED) is 0.741. The number of carbonyl (C=O) groups excluding carboxylic acids is 1. The number of amides is 2. The summed E-state index contributed by atoms with van der Waals surface area (Å²) in [6.07, 6.45) is 0.854. The average Bonchev–Trinajstić information content (AvgIpc) is 2.89. The molecular formula is C13H16N4O2S. The van der Waals surface area contributed by atoms with E-state index in [1.165, 1.54) is 11.3 Å². The fraction of sp³-hybridized carbons (Fsp3) is 0.231. The Balaban J connectivity index is 1.90. The van der Waals surface area contributed by atoms with E-state index in [1.54, 1.807) is 31.3 Å². The molecule has 0 atom stereocenters. The lowest BCUT2D eigenvalue weighted by Crippen LogP contribution is -2.19. The number of aromatic nitrogens is 1. The van der Waals surface area contributed by atoms with Crippen LogP contribution in [-0.2, 0) is 6.42 Å². The molecule has 0 aliphatic heterocycles. The predicted octanol–water partition coefficient (Wildman–Crippen LogP) is 2.86. The zero-order valence-corrected chi connectivity index (χ0v) is 12.1. The first-order valence-electron chi connectivity index (χ1n) is 6.17. The highest BCUT2D eigenvalue weighted by atomic mass is 32.1. The van der Waals surface area contributed by atoms with Crippen LogP contribution in [0.1, 0.15) is 12.6 Å². The van der Waals surface area contributed by atoms with E-state index in [1.807, 2.05) is 12.3 Å². The Kier molecular flexibility index (Phi) is 4.91. The fourth-order valence-electron chi connectivity index (χ4n) is 1.51. The number of aryl methyl sites for hydroxylation is 1. The van der Waals surface area contributed by atoms with Crippen molar-refractivity contribution in [2.24, 2.45) is 0 Å². The van der Waals surface area contributed by atoms with E-state index < -0.39 is 0 Å². The summed E-state index contributed by atoms with van der Waals surface area (Å²) in [6.45, 7) is 2.02. The average molecular weight is 292 g/mol. The van der Waals surface area contributed by atoms with Crippen LogP contribution >= 0.6 is 11.3 Å². The predicted molar refractivity (Wildman–Crippen MR) is 80.3 cm³/mol. The summed E-state index contributed by atoms with van der Waals surface area (Å²) >= 11 is 1.41. The monoisotopic (exact) mass is 292 g/mol. The molecule has 0 unspecified atom stereocenters. The molecule has 2 amide bonds. The maximum absolute atomic E-state index is 11.8. The van der Waals surface area contributed by atoms with Crippen LogP contribution in [0.25, 0.3) is 0 Å². The van der Waals surface area contributed by atoms with Crippen molar-refractivity contribution in [2.45, 2.75) is 13.3 Å². The second kappa shape index (κ2) is 6.88. The van der Waals surface area contributed by atoms with Gasteiger partial charge in [0, 0.05) is 18.1 Å². The van der Waals surface area contributed by atoms with E-state index in [4.69, 9.17) is 4.84 Å². The van der Waals surface area contributed by atoms with Gasteiger partial charge in [0.15, 0.2) is 5.13 Å². The summed E-state index contributed by atoms with van der Waals surface area (Å²) in [4.78, 5) is 21.1. The number of nitrogens with one attached hydrogen (secondary N) is 3. The van der Waals surface area contributed by atoms with Crippen molar-refractivity contribution < 1.29 is 9.63 Å². The topological polar surface area (TPSA) is 75.3 Å². The first-order chi connectivity index (χ1) is 9.71. The Morgan fingerprint density at radius 2 is 2.05 bits per heavy atom. The largest absolute Gasteiger partial charge is 0.409 e. The first kappa shape index (κ1) is 14.3. The van der Waals surface area contributed by atoms with Crippen LogP contribution in [-0.4, -0.2) is 18.1 Å². The number of carbonyl (C=O) groups is 1. The SMILES string of the molecule is CCc1csc(NC(=O)Nc2ccc(ONC)cc2)n1. The summed E-state index contributed by atoms with van der Waals surface area (Å²) in [5.41, 5.74) is 4.23. The summed E-state index contributed by atoms with van der Waals surface area (Å²) in [7, 11) is 1.68. The molecular weight excluding hydrogens is 276 g/mol. The lowest BCUT2D eigenvalue weighted by atomic mass is 10.3. The number of hydrogen-bond donors (Lipinski definition) is 3. The van der Waals surface area contributed by atoms with Crippen molar-refractivity contribution in [3.63, 3.8) is 0 Å². The third-order valence-corrected chi connectivity index (χ3v) is 3.27. The zero-order valence-electron chi connectivity index (χ0n) is 11.3. The number of rotatable bonds is 5. The molecule has 0 saturated carbocycles. The molecule has 1 heterocycles. The molecule has 2 rings (SSSR count). The highest BCUT2D eigenvalue weighted by molar-refractivity contribution is 7.13. The lowest BCUT2D eigenvalue weighted by molar-refractivity contribution is 0.224. The van der Waals surface area contributed by atoms with Crippen molar-refractivity contribution in [3.8, 4) is 5.75 Å². The molecule has 20 heavy (non-hydrogen) atoms. The smallest absolute Gasteiger partial charge is 0.325 e. The molecule has 0 aliphatic carbocycles. The summed E-state index contributed by atoms with van der Waals surface area (Å²) < 4.78 is 0. The molecule has 1 aromatic carbocycles. The Morgan fingerprint density at radius 3 is 2.65 bits per heavy atom. The number of nitrogens with zero attached hydrogens (tertiary/aromatic N) is 1. The summed E-state index contributed by atoms with van der Waals surface area (Å²) in [5.74, 6) is 0.672. The minimum Gasteiger partial charge on any atom is -0.409 e. The van der Waals surface area contributed by atoms with Crippen LogP contribution in [0.15, 0.2) is 29.6 Å². The fourth-order valence-corrected chi connectivity index (χ4v) is 2.30. The van der Waals surface area contributed by atoms with Crippen molar-refractivity contribution in [1.82, 2.24) is 10.5 Å². The van der Waals surface area contributed by atoms with Gasteiger partial charge in [-0.1, -0.05) is 6.92 Å². The van der Waals surface area contributed by atoms with Crippen molar-refractivity contribution in [1.29, 1.82) is 0 Å². The maximum Gasteiger partial charge on any atom is 0.325 e. The Bertz CT molecular complexity index is 568. The molecule has 0 spiro atoms. The molecule has 6 nitrogen and oxygen atoms in total. The van der Waals surface area contributed by atoms with Crippen LogP contribution in [0.2, 0.25) is 0 Å². The van der Waals surface area contributed by atoms with Crippen LogP contribution in [0.3, 0.4) is 0 Å². The van der Waals surface area contributed by atoms with Gasteiger partial charge in [-0.25, -0.2) is 9.78 Å².